The number of fused-ring (bicyclic) bond motifs is 4. The molecule has 2 heterocycles. The highest BCUT2D eigenvalue weighted by molar-refractivity contribution is 7.00. The molecule has 0 amide bonds. The molecule has 0 saturated heterocycles. The lowest BCUT2D eigenvalue weighted by Crippen LogP contribution is -2.61. The number of para-hydroxylation sites is 2. The zero-order valence-electron chi connectivity index (χ0n) is 55.7. The molecule has 3 heteroatoms. The van der Waals surface area contributed by atoms with Gasteiger partial charge in [0.25, 0.3) is 6.71 Å². The maximum absolute atomic E-state index is 2.74. The molecule has 2 aliphatic heterocycles. The van der Waals surface area contributed by atoms with E-state index in [0.717, 1.165) is 0 Å². The van der Waals surface area contributed by atoms with Crippen LogP contribution in [-0.4, -0.2) is 6.71 Å². The number of rotatable bonds is 9. The summed E-state index contributed by atoms with van der Waals surface area (Å²) in [6.45, 7) is 28.2. The first-order valence-corrected chi connectivity index (χ1v) is 33.5. The normalized spacial score (nSPS) is 14.3. The molecule has 0 atom stereocenters. The molecule has 11 aromatic carbocycles. The van der Waals surface area contributed by atoms with Crippen molar-refractivity contribution in [2.75, 3.05) is 9.80 Å². The van der Waals surface area contributed by atoms with E-state index in [4.69, 9.17) is 0 Å². The quantitative estimate of drug-likeness (QED) is 0.133. The molecule has 0 aromatic heterocycles. The highest BCUT2D eigenvalue weighted by Crippen LogP contribution is 2.54. The Bertz CT molecular complexity index is 4070. The van der Waals surface area contributed by atoms with E-state index >= 15 is 0 Å². The smallest absolute Gasteiger partial charge is 0.252 e. The van der Waals surface area contributed by atoms with Gasteiger partial charge in [-0.25, -0.2) is 0 Å². The van der Waals surface area contributed by atoms with Crippen molar-refractivity contribution >= 4 is 57.2 Å². The summed E-state index contributed by atoms with van der Waals surface area (Å²) >= 11 is 0. The number of hydrogen-bond donors (Lipinski definition) is 0. The Kier molecular flexibility index (Phi) is 15.1. The van der Waals surface area contributed by atoms with Gasteiger partial charge < -0.3 is 9.80 Å². The zero-order valence-corrected chi connectivity index (χ0v) is 55.7. The van der Waals surface area contributed by atoms with Crippen LogP contribution in [0.3, 0.4) is 0 Å². The largest absolute Gasteiger partial charge is 0.310 e. The minimum Gasteiger partial charge on any atom is -0.310 e. The monoisotopic (exact) mass is 1180 g/mol. The molecule has 91 heavy (non-hydrogen) atoms. The van der Waals surface area contributed by atoms with Crippen molar-refractivity contribution < 1.29 is 0 Å². The van der Waals surface area contributed by atoms with Gasteiger partial charge in [0.2, 0.25) is 0 Å². The highest BCUT2D eigenvalue weighted by Gasteiger charge is 2.46. The number of benzene rings is 11. The fraction of sp³-hybridized carbons (Fsp3) is 0.250. The first-order chi connectivity index (χ1) is 43.7. The fourth-order valence-corrected chi connectivity index (χ4v) is 14.8. The van der Waals surface area contributed by atoms with Gasteiger partial charge >= 0.3 is 0 Å². The van der Waals surface area contributed by atoms with E-state index in [9.17, 15) is 0 Å². The Morgan fingerprint density at radius 1 is 0.286 bits per heavy atom. The standard InChI is InChI=1S/C88H87BN2/c1-85(2,3)68-48-65(49-69(56-68)86(4,5)6)63-44-46-78-76(52-63)89-77-53-64(66-50-70(87(7,8)9)57-71(51-66)88(10,11)12)45-47-79(77)91(84-74(61-36-24-16-25-37-61)42-29-43-75(84)62-38-26-17-27-39-62)81-55-67(58-30-18-13-19-31-58)54-80(82(81)89)90(78)83-72(59-32-20-14-21-33-59)40-28-41-73(83)60-34-22-15-23-35-60/h14-17,20-29,32-58H,13,18-19,30-31H2,1-12H3. The summed E-state index contributed by atoms with van der Waals surface area (Å²) in [6.07, 6.45) is 6.08. The SMILES string of the molecule is CC(C)(C)c1cc(-c2ccc3c(c2)B2c4cc(-c5cc(C(C)(C)C)cc(C(C)(C)C)c5)ccc4N(c4c(-c5ccccc5)cccc4-c4ccccc4)c4cc(C5CCCCC5)cc(c42)N3c2c(-c3ccccc3)cccc2-c2ccccc2)cc(C(C)(C)C)c1. The van der Waals surface area contributed by atoms with Crippen LogP contribution in [0.4, 0.5) is 34.1 Å². The molecule has 1 saturated carbocycles. The number of nitrogens with zero attached hydrogens (tertiary/aromatic N) is 2. The van der Waals surface area contributed by atoms with Crippen LogP contribution >= 0.6 is 0 Å². The Balaban J connectivity index is 1.17. The van der Waals surface area contributed by atoms with Gasteiger partial charge in [0.05, 0.1) is 11.4 Å². The van der Waals surface area contributed by atoms with Gasteiger partial charge in [0.1, 0.15) is 0 Å². The van der Waals surface area contributed by atoms with E-state index in [2.05, 4.69) is 336 Å². The molecule has 0 spiro atoms. The Hall–Kier alpha value is -8.92. The number of hydrogen-bond acceptors (Lipinski definition) is 2. The lowest BCUT2D eigenvalue weighted by molar-refractivity contribution is 0.444. The maximum atomic E-state index is 2.74. The first-order valence-electron chi connectivity index (χ1n) is 33.5. The van der Waals surface area contributed by atoms with Crippen molar-refractivity contribution in [3.05, 3.63) is 270 Å². The molecule has 0 N–H and O–H groups in total. The second kappa shape index (κ2) is 23.1. The van der Waals surface area contributed by atoms with Crippen LogP contribution in [0, 0.1) is 0 Å². The van der Waals surface area contributed by atoms with E-state index < -0.39 is 0 Å². The molecule has 452 valence electrons. The summed E-state index contributed by atoms with van der Waals surface area (Å²) in [5.41, 5.74) is 32.3. The molecule has 2 nitrogen and oxygen atoms in total. The third-order valence-electron chi connectivity index (χ3n) is 20.0. The van der Waals surface area contributed by atoms with Gasteiger partial charge in [-0.1, -0.05) is 321 Å². The van der Waals surface area contributed by atoms with Crippen LogP contribution in [0.5, 0.6) is 0 Å². The Labute approximate surface area is 543 Å². The Morgan fingerprint density at radius 3 is 0.912 bits per heavy atom. The molecule has 0 radical (unpaired) electrons. The fourth-order valence-electron chi connectivity index (χ4n) is 14.8. The summed E-state index contributed by atoms with van der Waals surface area (Å²) in [5, 5.41) is 0. The van der Waals surface area contributed by atoms with Gasteiger partial charge in [0.15, 0.2) is 0 Å². The van der Waals surface area contributed by atoms with Crippen molar-refractivity contribution in [3.63, 3.8) is 0 Å². The Morgan fingerprint density at radius 2 is 0.604 bits per heavy atom. The lowest BCUT2D eigenvalue weighted by atomic mass is 9.33. The van der Waals surface area contributed by atoms with E-state index in [-0.39, 0.29) is 28.4 Å². The van der Waals surface area contributed by atoms with Crippen molar-refractivity contribution in [3.8, 4) is 66.8 Å². The molecular weight excluding hydrogens is 1100 g/mol. The predicted octanol–water partition coefficient (Wildman–Crippen LogP) is 23.0. The highest BCUT2D eigenvalue weighted by atomic mass is 15.2. The summed E-state index contributed by atoms with van der Waals surface area (Å²) in [7, 11) is 0. The van der Waals surface area contributed by atoms with Crippen LogP contribution in [0.25, 0.3) is 66.8 Å². The predicted molar refractivity (Wildman–Crippen MR) is 394 cm³/mol. The van der Waals surface area contributed by atoms with Crippen LogP contribution in [0.15, 0.2) is 243 Å². The van der Waals surface area contributed by atoms with E-state index in [1.54, 1.807) is 0 Å². The summed E-state index contributed by atoms with van der Waals surface area (Å²) in [5.74, 6) is 0.403. The van der Waals surface area contributed by atoms with E-state index in [0.29, 0.717) is 5.92 Å². The van der Waals surface area contributed by atoms with Gasteiger partial charge in [-0.3, -0.25) is 0 Å². The van der Waals surface area contributed by atoms with Gasteiger partial charge in [-0.05, 0) is 153 Å². The summed E-state index contributed by atoms with van der Waals surface area (Å²) in [6, 6.07) is 94.0. The van der Waals surface area contributed by atoms with Gasteiger partial charge in [-0.15, -0.1) is 0 Å². The third-order valence-corrected chi connectivity index (χ3v) is 20.0. The molecule has 11 aromatic rings. The average Bonchev–Trinajstić information content (AvgIpc) is 0.691. The van der Waals surface area contributed by atoms with Crippen molar-refractivity contribution in [2.45, 2.75) is 143 Å². The van der Waals surface area contributed by atoms with Crippen LogP contribution in [-0.2, 0) is 21.7 Å². The molecular formula is C88H87BN2. The molecule has 1 aliphatic carbocycles. The third kappa shape index (κ3) is 11.2. The molecule has 0 bridgehead atoms. The second-order valence-corrected chi connectivity index (χ2v) is 30.4. The van der Waals surface area contributed by atoms with Crippen LogP contribution < -0.4 is 26.2 Å². The summed E-state index contributed by atoms with van der Waals surface area (Å²) < 4.78 is 0. The summed E-state index contributed by atoms with van der Waals surface area (Å²) in [4.78, 5) is 5.49. The first kappa shape index (κ1) is 59.7. The van der Waals surface area contributed by atoms with Crippen molar-refractivity contribution in [2.24, 2.45) is 0 Å². The zero-order chi connectivity index (χ0) is 63.1. The molecule has 1 fully saturated rings. The topological polar surface area (TPSA) is 6.48 Å². The van der Waals surface area contributed by atoms with E-state index in [1.165, 1.54) is 177 Å². The number of anilines is 6. The van der Waals surface area contributed by atoms with Crippen LogP contribution in [0.1, 0.15) is 149 Å². The minimum absolute atomic E-state index is 0.0617. The minimum atomic E-state index is -0.170. The van der Waals surface area contributed by atoms with Gasteiger partial charge in [0, 0.05) is 45.0 Å². The lowest BCUT2D eigenvalue weighted by Gasteiger charge is -2.46. The van der Waals surface area contributed by atoms with Crippen LogP contribution in [0.2, 0.25) is 0 Å². The van der Waals surface area contributed by atoms with Crippen molar-refractivity contribution in [1.82, 2.24) is 0 Å². The second-order valence-electron chi connectivity index (χ2n) is 30.4. The molecule has 0 unspecified atom stereocenters. The average molecular weight is 1180 g/mol. The molecule has 14 rings (SSSR count). The molecule has 3 aliphatic rings. The van der Waals surface area contributed by atoms with E-state index in [1.807, 2.05) is 0 Å². The van der Waals surface area contributed by atoms with Gasteiger partial charge in [-0.2, -0.15) is 0 Å². The van der Waals surface area contributed by atoms with Crippen molar-refractivity contribution in [1.29, 1.82) is 0 Å². The maximum Gasteiger partial charge on any atom is 0.252 e.